The highest BCUT2D eigenvalue weighted by molar-refractivity contribution is 7.88. The van der Waals surface area contributed by atoms with Crippen LogP contribution in [0, 0.1) is 11.3 Å². The van der Waals surface area contributed by atoms with E-state index < -0.39 is 15.4 Å². The summed E-state index contributed by atoms with van der Waals surface area (Å²) in [5, 5.41) is 0. The zero-order valence-electron chi connectivity index (χ0n) is 13.7. The molecular formula is C17H24N2O3S. The van der Waals surface area contributed by atoms with E-state index >= 15 is 0 Å². The molecule has 2 aliphatic heterocycles. The molecule has 2 fully saturated rings. The number of hydrogen-bond acceptors (Lipinski definition) is 3. The second-order valence-corrected chi connectivity index (χ2v) is 8.70. The molecule has 0 bridgehead atoms. The fourth-order valence-electron chi connectivity index (χ4n) is 3.87. The standard InChI is InChI=1S/C17H24N2O3S/c1-3-18-10-9-17(16(18)20)13-19(11-14(17)2)23(21,22)12-15-7-5-4-6-8-15/h4-8,14H,3,9-13H2,1-2H3/t14-,17+/m1/s1. The van der Waals surface area contributed by atoms with Gasteiger partial charge in [0, 0.05) is 26.2 Å². The van der Waals surface area contributed by atoms with Crippen LogP contribution in [0.1, 0.15) is 25.8 Å². The molecular weight excluding hydrogens is 312 g/mol. The van der Waals surface area contributed by atoms with Gasteiger partial charge in [-0.2, -0.15) is 0 Å². The van der Waals surface area contributed by atoms with Gasteiger partial charge in [-0.15, -0.1) is 0 Å². The molecule has 0 aliphatic carbocycles. The van der Waals surface area contributed by atoms with Gasteiger partial charge >= 0.3 is 0 Å². The van der Waals surface area contributed by atoms with Crippen molar-refractivity contribution in [3.8, 4) is 0 Å². The quantitative estimate of drug-likeness (QED) is 0.841. The van der Waals surface area contributed by atoms with Crippen LogP contribution in [-0.4, -0.2) is 49.7 Å². The van der Waals surface area contributed by atoms with Gasteiger partial charge in [0.2, 0.25) is 15.9 Å². The van der Waals surface area contributed by atoms with Gasteiger partial charge in [-0.05, 0) is 24.8 Å². The SMILES string of the molecule is CCN1CC[C@@]2(CN(S(=O)(=O)Cc3ccccc3)C[C@H]2C)C1=O. The first-order chi connectivity index (χ1) is 10.9. The Balaban J connectivity index is 1.80. The van der Waals surface area contributed by atoms with E-state index in [1.807, 2.05) is 49.1 Å². The number of benzene rings is 1. The van der Waals surface area contributed by atoms with Crippen LogP contribution in [0.3, 0.4) is 0 Å². The minimum absolute atomic E-state index is 0.00230. The lowest BCUT2D eigenvalue weighted by Crippen LogP contribution is -2.40. The predicted molar refractivity (Wildman–Crippen MR) is 89.1 cm³/mol. The van der Waals surface area contributed by atoms with Crippen molar-refractivity contribution in [3.05, 3.63) is 35.9 Å². The summed E-state index contributed by atoms with van der Waals surface area (Å²) in [4.78, 5) is 14.6. The summed E-state index contributed by atoms with van der Waals surface area (Å²) in [6.07, 6.45) is 0.762. The minimum atomic E-state index is -3.39. The highest BCUT2D eigenvalue weighted by atomic mass is 32.2. The lowest BCUT2D eigenvalue weighted by Gasteiger charge is -2.26. The van der Waals surface area contributed by atoms with Crippen molar-refractivity contribution in [1.82, 2.24) is 9.21 Å². The van der Waals surface area contributed by atoms with E-state index in [2.05, 4.69) is 0 Å². The molecule has 1 amide bonds. The van der Waals surface area contributed by atoms with Crippen LogP contribution in [-0.2, 0) is 20.6 Å². The Morgan fingerprint density at radius 2 is 1.96 bits per heavy atom. The summed E-state index contributed by atoms with van der Waals surface area (Å²) in [7, 11) is -3.39. The largest absolute Gasteiger partial charge is 0.342 e. The van der Waals surface area contributed by atoms with Crippen LogP contribution < -0.4 is 0 Å². The zero-order valence-corrected chi connectivity index (χ0v) is 14.6. The Labute approximate surface area is 138 Å². The van der Waals surface area contributed by atoms with Gasteiger partial charge in [0.15, 0.2) is 0 Å². The smallest absolute Gasteiger partial charge is 0.230 e. The molecule has 5 nitrogen and oxygen atoms in total. The van der Waals surface area contributed by atoms with Gasteiger partial charge < -0.3 is 4.90 Å². The van der Waals surface area contributed by atoms with E-state index in [-0.39, 0.29) is 17.6 Å². The number of sulfonamides is 1. The van der Waals surface area contributed by atoms with Crippen LogP contribution in [0.25, 0.3) is 0 Å². The van der Waals surface area contributed by atoms with E-state index in [1.54, 1.807) is 0 Å². The Morgan fingerprint density at radius 1 is 1.26 bits per heavy atom. The van der Waals surface area contributed by atoms with Gasteiger partial charge in [-0.1, -0.05) is 37.3 Å². The molecule has 0 N–H and O–H groups in total. The van der Waals surface area contributed by atoms with Crippen molar-refractivity contribution in [1.29, 1.82) is 0 Å². The number of carbonyl (C=O) groups is 1. The van der Waals surface area contributed by atoms with E-state index in [1.165, 1.54) is 4.31 Å². The van der Waals surface area contributed by atoms with Crippen molar-refractivity contribution in [2.45, 2.75) is 26.0 Å². The highest BCUT2D eigenvalue weighted by Crippen LogP contribution is 2.45. The second kappa shape index (κ2) is 5.91. The van der Waals surface area contributed by atoms with E-state index in [9.17, 15) is 13.2 Å². The van der Waals surface area contributed by atoms with Gasteiger partial charge in [-0.25, -0.2) is 12.7 Å². The Hall–Kier alpha value is -1.40. The molecule has 0 saturated carbocycles. The minimum Gasteiger partial charge on any atom is -0.342 e. The maximum Gasteiger partial charge on any atom is 0.230 e. The third-order valence-corrected chi connectivity index (χ3v) is 7.15. The zero-order chi connectivity index (χ0) is 16.7. The van der Waals surface area contributed by atoms with Crippen LogP contribution in [0.2, 0.25) is 0 Å². The second-order valence-electron chi connectivity index (χ2n) is 6.73. The van der Waals surface area contributed by atoms with Crippen molar-refractivity contribution < 1.29 is 13.2 Å². The highest BCUT2D eigenvalue weighted by Gasteiger charge is 2.56. The molecule has 3 rings (SSSR count). The van der Waals surface area contributed by atoms with Gasteiger partial charge in [0.1, 0.15) is 0 Å². The van der Waals surface area contributed by atoms with Crippen molar-refractivity contribution in [2.24, 2.45) is 11.3 Å². The maximum absolute atomic E-state index is 12.7. The number of amides is 1. The van der Waals surface area contributed by atoms with Gasteiger partial charge in [-0.3, -0.25) is 4.79 Å². The molecule has 2 saturated heterocycles. The van der Waals surface area contributed by atoms with Crippen molar-refractivity contribution in [3.63, 3.8) is 0 Å². The maximum atomic E-state index is 12.7. The number of hydrogen-bond donors (Lipinski definition) is 0. The molecule has 0 unspecified atom stereocenters. The summed E-state index contributed by atoms with van der Waals surface area (Å²) in [6, 6.07) is 9.22. The fraction of sp³-hybridized carbons (Fsp3) is 0.588. The third-order valence-electron chi connectivity index (χ3n) is 5.39. The van der Waals surface area contributed by atoms with E-state index in [0.717, 1.165) is 18.5 Å². The average molecular weight is 336 g/mol. The topological polar surface area (TPSA) is 57.7 Å². The molecule has 126 valence electrons. The summed E-state index contributed by atoms with van der Waals surface area (Å²) < 4.78 is 27.0. The summed E-state index contributed by atoms with van der Waals surface area (Å²) in [5.41, 5.74) is 0.272. The molecule has 1 spiro atoms. The lowest BCUT2D eigenvalue weighted by atomic mass is 9.78. The molecule has 1 aromatic rings. The van der Waals surface area contributed by atoms with Crippen molar-refractivity contribution >= 4 is 15.9 Å². The fourth-order valence-corrected chi connectivity index (χ4v) is 5.54. The number of rotatable bonds is 4. The molecule has 23 heavy (non-hydrogen) atoms. The van der Waals surface area contributed by atoms with E-state index in [0.29, 0.717) is 19.6 Å². The normalized spacial score (nSPS) is 28.9. The first kappa shape index (κ1) is 16.5. The monoisotopic (exact) mass is 336 g/mol. The molecule has 2 atom stereocenters. The lowest BCUT2D eigenvalue weighted by molar-refractivity contribution is -0.136. The molecule has 2 heterocycles. The Morgan fingerprint density at radius 3 is 2.57 bits per heavy atom. The Bertz CT molecular complexity index is 689. The summed E-state index contributed by atoms with van der Waals surface area (Å²) in [6.45, 7) is 6.20. The van der Waals surface area contributed by atoms with Crippen LogP contribution in [0.5, 0.6) is 0 Å². The van der Waals surface area contributed by atoms with Gasteiger partial charge in [0.25, 0.3) is 0 Å². The van der Waals surface area contributed by atoms with Crippen LogP contribution in [0.4, 0.5) is 0 Å². The predicted octanol–water partition coefficient (Wildman–Crippen LogP) is 1.71. The molecule has 0 aromatic heterocycles. The molecule has 2 aliphatic rings. The van der Waals surface area contributed by atoms with Crippen LogP contribution >= 0.6 is 0 Å². The summed E-state index contributed by atoms with van der Waals surface area (Å²) in [5.74, 6) is 0.199. The van der Waals surface area contributed by atoms with Gasteiger partial charge in [0.05, 0.1) is 11.2 Å². The van der Waals surface area contributed by atoms with Crippen molar-refractivity contribution in [2.75, 3.05) is 26.2 Å². The van der Waals surface area contributed by atoms with Crippen LogP contribution in [0.15, 0.2) is 30.3 Å². The Kier molecular flexibility index (Phi) is 4.23. The molecule has 0 radical (unpaired) electrons. The number of likely N-dealkylation sites (tertiary alicyclic amines) is 1. The number of nitrogens with zero attached hydrogens (tertiary/aromatic N) is 2. The third kappa shape index (κ3) is 2.78. The number of carbonyl (C=O) groups excluding carboxylic acids is 1. The average Bonchev–Trinajstić information content (AvgIpc) is 3.03. The summed E-state index contributed by atoms with van der Waals surface area (Å²) >= 11 is 0. The molecule has 6 heteroatoms. The first-order valence-electron chi connectivity index (χ1n) is 8.20. The molecule has 1 aromatic carbocycles. The van der Waals surface area contributed by atoms with E-state index in [4.69, 9.17) is 0 Å². The first-order valence-corrected chi connectivity index (χ1v) is 9.81.